The Kier molecular flexibility index (Phi) is 5.83. The molecule has 0 saturated carbocycles. The Morgan fingerprint density at radius 2 is 1.91 bits per heavy atom. The molecule has 2 aliphatic heterocycles. The molecule has 1 aromatic heterocycles. The number of rotatable bonds is 4. The Labute approximate surface area is 187 Å². The second-order valence-electron chi connectivity index (χ2n) is 9.62. The summed E-state index contributed by atoms with van der Waals surface area (Å²) in [6, 6.07) is 5.70. The molecule has 172 valence electrons. The Hall–Kier alpha value is -3.10. The lowest BCUT2D eigenvalue weighted by Gasteiger charge is -2.33. The minimum Gasteiger partial charge on any atom is -0.460 e. The number of amides is 3. The molecule has 9 heteroatoms. The number of aromatic nitrogens is 2. The summed E-state index contributed by atoms with van der Waals surface area (Å²) in [4.78, 5) is 39.7. The largest absolute Gasteiger partial charge is 0.460 e. The van der Waals surface area contributed by atoms with Gasteiger partial charge in [0.2, 0.25) is 5.91 Å². The zero-order valence-electron chi connectivity index (χ0n) is 19.2. The van der Waals surface area contributed by atoms with Crippen molar-refractivity contribution in [3.63, 3.8) is 0 Å². The van der Waals surface area contributed by atoms with Crippen LogP contribution in [0, 0.1) is 5.92 Å². The Morgan fingerprint density at radius 3 is 2.56 bits per heavy atom. The molecule has 0 aliphatic carbocycles. The van der Waals surface area contributed by atoms with E-state index in [1.807, 2.05) is 33.9 Å². The molecule has 0 atom stereocenters. The number of nitrogens with zero attached hydrogens (tertiary/aromatic N) is 4. The molecular weight excluding hydrogens is 410 g/mol. The quantitative estimate of drug-likeness (QED) is 0.733. The van der Waals surface area contributed by atoms with Gasteiger partial charge in [0.1, 0.15) is 5.60 Å². The highest BCUT2D eigenvalue weighted by atomic mass is 16.6. The van der Waals surface area contributed by atoms with Crippen LogP contribution in [0.2, 0.25) is 0 Å². The van der Waals surface area contributed by atoms with Gasteiger partial charge in [0.15, 0.2) is 5.82 Å². The third-order valence-corrected chi connectivity index (χ3v) is 5.98. The van der Waals surface area contributed by atoms with Gasteiger partial charge in [-0.1, -0.05) is 0 Å². The van der Waals surface area contributed by atoms with Crippen molar-refractivity contribution in [3.8, 4) is 0 Å². The first kappa shape index (κ1) is 22.1. The molecule has 1 aromatic carbocycles. The number of carbonyl (C=O) groups is 3. The number of imide groups is 1. The summed E-state index contributed by atoms with van der Waals surface area (Å²) in [6.45, 7) is 7.75. The molecule has 9 nitrogen and oxygen atoms in total. The van der Waals surface area contributed by atoms with E-state index in [9.17, 15) is 14.4 Å². The van der Waals surface area contributed by atoms with Gasteiger partial charge in [-0.3, -0.25) is 24.5 Å². The fourth-order valence-corrected chi connectivity index (χ4v) is 4.40. The number of urea groups is 1. The van der Waals surface area contributed by atoms with Gasteiger partial charge in [0.05, 0.1) is 5.52 Å². The molecule has 0 radical (unpaired) electrons. The van der Waals surface area contributed by atoms with Crippen molar-refractivity contribution in [1.29, 1.82) is 0 Å². The topological polar surface area (TPSA) is 96.8 Å². The van der Waals surface area contributed by atoms with E-state index < -0.39 is 11.6 Å². The summed E-state index contributed by atoms with van der Waals surface area (Å²) in [5.74, 6) is 0.524. The van der Waals surface area contributed by atoms with E-state index in [0.29, 0.717) is 24.7 Å². The Bertz CT molecular complexity index is 1050. The molecule has 2 saturated heterocycles. The van der Waals surface area contributed by atoms with Crippen LogP contribution in [-0.4, -0.2) is 52.9 Å². The lowest BCUT2D eigenvalue weighted by atomic mass is 9.93. The summed E-state index contributed by atoms with van der Waals surface area (Å²) in [5, 5.41) is 7.78. The average Bonchev–Trinajstić information content (AvgIpc) is 3.03. The van der Waals surface area contributed by atoms with Crippen LogP contribution in [0.15, 0.2) is 18.2 Å². The first-order valence-corrected chi connectivity index (χ1v) is 11.2. The van der Waals surface area contributed by atoms with Gasteiger partial charge in [-0.15, -0.1) is 0 Å². The molecule has 0 bridgehead atoms. The number of fused-ring (bicyclic) bond motifs is 1. The number of carbonyl (C=O) groups excluding carboxylic acids is 3. The van der Waals surface area contributed by atoms with Crippen molar-refractivity contribution >= 4 is 40.3 Å². The van der Waals surface area contributed by atoms with Gasteiger partial charge >= 0.3 is 12.0 Å². The van der Waals surface area contributed by atoms with Crippen molar-refractivity contribution in [2.45, 2.75) is 52.1 Å². The minimum atomic E-state index is -0.445. The second kappa shape index (κ2) is 8.44. The third kappa shape index (κ3) is 4.71. The zero-order chi connectivity index (χ0) is 23.0. The van der Waals surface area contributed by atoms with Crippen LogP contribution >= 0.6 is 0 Å². The first-order valence-electron chi connectivity index (χ1n) is 11.2. The number of ether oxygens (including phenoxy) is 1. The molecule has 3 amide bonds. The molecule has 0 spiro atoms. The van der Waals surface area contributed by atoms with Crippen LogP contribution in [0.5, 0.6) is 0 Å². The van der Waals surface area contributed by atoms with Gasteiger partial charge in [0.25, 0.3) is 0 Å². The van der Waals surface area contributed by atoms with Crippen molar-refractivity contribution in [2.75, 3.05) is 29.4 Å². The summed E-state index contributed by atoms with van der Waals surface area (Å²) >= 11 is 0. The first-order chi connectivity index (χ1) is 15.1. The number of benzene rings is 1. The highest BCUT2D eigenvalue weighted by Crippen LogP contribution is 2.32. The monoisotopic (exact) mass is 441 g/mol. The van der Waals surface area contributed by atoms with Gasteiger partial charge in [-0.2, -0.15) is 5.10 Å². The van der Waals surface area contributed by atoms with E-state index in [4.69, 9.17) is 4.74 Å². The number of esters is 1. The van der Waals surface area contributed by atoms with Crippen molar-refractivity contribution in [1.82, 2.24) is 15.1 Å². The summed E-state index contributed by atoms with van der Waals surface area (Å²) < 4.78 is 7.24. The van der Waals surface area contributed by atoms with E-state index in [1.54, 1.807) is 4.68 Å². The van der Waals surface area contributed by atoms with Gasteiger partial charge in [-0.05, 0) is 57.7 Å². The molecule has 32 heavy (non-hydrogen) atoms. The number of hydrogen-bond acceptors (Lipinski definition) is 6. The molecular formula is C23H31N5O4. The lowest BCUT2D eigenvalue weighted by molar-refractivity contribution is -0.156. The van der Waals surface area contributed by atoms with Crippen molar-refractivity contribution in [2.24, 2.45) is 13.0 Å². The van der Waals surface area contributed by atoms with Crippen molar-refractivity contribution < 1.29 is 19.1 Å². The van der Waals surface area contributed by atoms with Crippen LogP contribution in [0.1, 0.15) is 46.5 Å². The van der Waals surface area contributed by atoms with Crippen LogP contribution in [0.4, 0.5) is 16.3 Å². The second-order valence-corrected chi connectivity index (χ2v) is 9.62. The number of aryl methyl sites for hydroxylation is 1. The maximum atomic E-state index is 12.3. The predicted molar refractivity (Wildman–Crippen MR) is 122 cm³/mol. The summed E-state index contributed by atoms with van der Waals surface area (Å²) in [6.07, 6.45) is 2.61. The molecule has 4 rings (SSSR count). The number of nitrogens with one attached hydrogen (secondary N) is 1. The Balaban J connectivity index is 1.44. The average molecular weight is 442 g/mol. The fourth-order valence-electron chi connectivity index (χ4n) is 4.40. The number of piperidine rings is 1. The third-order valence-electron chi connectivity index (χ3n) is 5.98. The standard InChI is InChI=1S/C23H31N5O4/c1-23(2,3)32-20(30)13-15-7-10-27(11-8-15)16-5-6-17-18(14-16)26(4)25-21(17)28-12-9-19(29)24-22(28)31/h5-6,14-15H,7-13H2,1-4H3,(H,24,29,31). The molecule has 1 N–H and O–H groups in total. The van der Waals surface area contributed by atoms with Gasteiger partial charge < -0.3 is 9.64 Å². The Morgan fingerprint density at radius 1 is 1.19 bits per heavy atom. The lowest BCUT2D eigenvalue weighted by Crippen LogP contribution is -2.49. The van der Waals surface area contributed by atoms with E-state index in [2.05, 4.69) is 27.4 Å². The smallest absolute Gasteiger partial charge is 0.329 e. The van der Waals surface area contributed by atoms with Crippen LogP contribution in [-0.2, 0) is 21.4 Å². The minimum absolute atomic E-state index is 0.122. The van der Waals surface area contributed by atoms with Crippen LogP contribution < -0.4 is 15.1 Å². The number of anilines is 2. The summed E-state index contributed by atoms with van der Waals surface area (Å²) in [5.41, 5.74) is 1.58. The zero-order valence-corrected chi connectivity index (χ0v) is 19.2. The SMILES string of the molecule is Cn1nc(N2CCC(=O)NC2=O)c2ccc(N3CCC(CC(=O)OC(C)(C)C)CC3)cc21. The fraction of sp³-hybridized carbons (Fsp3) is 0.565. The molecule has 0 unspecified atom stereocenters. The van der Waals surface area contributed by atoms with Crippen LogP contribution in [0.3, 0.4) is 0 Å². The molecule has 2 aromatic rings. The van der Waals surface area contributed by atoms with Gasteiger partial charge in [-0.25, -0.2) is 4.79 Å². The van der Waals surface area contributed by atoms with E-state index >= 15 is 0 Å². The molecule has 3 heterocycles. The van der Waals surface area contributed by atoms with E-state index in [0.717, 1.165) is 42.5 Å². The summed E-state index contributed by atoms with van der Waals surface area (Å²) in [7, 11) is 1.86. The van der Waals surface area contributed by atoms with Gasteiger partial charge in [0, 0.05) is 50.6 Å². The normalized spacial score (nSPS) is 18.2. The highest BCUT2D eigenvalue weighted by molar-refractivity contribution is 6.09. The van der Waals surface area contributed by atoms with Crippen LogP contribution in [0.25, 0.3) is 10.9 Å². The highest BCUT2D eigenvalue weighted by Gasteiger charge is 2.29. The maximum Gasteiger partial charge on any atom is 0.329 e. The molecule has 2 fully saturated rings. The molecule has 2 aliphatic rings. The van der Waals surface area contributed by atoms with E-state index in [1.165, 1.54) is 4.90 Å². The maximum absolute atomic E-state index is 12.3. The predicted octanol–water partition coefficient (Wildman–Crippen LogP) is 2.97. The van der Waals surface area contributed by atoms with E-state index in [-0.39, 0.29) is 18.3 Å². The van der Waals surface area contributed by atoms with Crippen molar-refractivity contribution in [3.05, 3.63) is 18.2 Å². The number of hydrogen-bond donors (Lipinski definition) is 1.